The number of rotatable bonds is 6. The van der Waals surface area contributed by atoms with E-state index in [2.05, 4.69) is 15.6 Å². The molecule has 0 spiro atoms. The van der Waals surface area contributed by atoms with E-state index in [0.717, 1.165) is 5.56 Å². The molecule has 0 saturated carbocycles. The van der Waals surface area contributed by atoms with Crippen LogP contribution in [0.1, 0.15) is 15.9 Å². The van der Waals surface area contributed by atoms with Crippen LogP contribution in [0.5, 0.6) is 0 Å². The molecule has 2 aromatic carbocycles. The Morgan fingerprint density at radius 1 is 1.08 bits per heavy atom. The highest BCUT2D eigenvalue weighted by Gasteiger charge is 2.08. The minimum Gasteiger partial charge on any atom is -0.352 e. The van der Waals surface area contributed by atoms with Crippen molar-refractivity contribution in [2.24, 2.45) is 0 Å². The molecule has 3 rings (SSSR count). The van der Waals surface area contributed by atoms with E-state index >= 15 is 0 Å². The number of amides is 1. The summed E-state index contributed by atoms with van der Waals surface area (Å²) < 4.78 is 13.7. The average Bonchev–Trinajstić information content (AvgIpc) is 2.65. The van der Waals surface area contributed by atoms with Gasteiger partial charge in [-0.2, -0.15) is 0 Å². The molecular formula is C20H17ClFN3O. The minimum absolute atomic E-state index is 0.210. The SMILES string of the molecule is O=C(NCCc1ccc(Cl)cc1)c1ccnc(Nc2ccccc2F)c1. The van der Waals surface area contributed by atoms with Crippen molar-refractivity contribution in [3.8, 4) is 0 Å². The molecule has 0 atom stereocenters. The number of aromatic nitrogens is 1. The first-order chi connectivity index (χ1) is 12.6. The number of nitrogens with zero attached hydrogens (tertiary/aromatic N) is 1. The summed E-state index contributed by atoms with van der Waals surface area (Å²) in [6.07, 6.45) is 2.21. The summed E-state index contributed by atoms with van der Waals surface area (Å²) in [5.41, 5.74) is 1.85. The Morgan fingerprint density at radius 3 is 2.62 bits per heavy atom. The second-order valence-corrected chi connectivity index (χ2v) is 6.10. The van der Waals surface area contributed by atoms with Crippen LogP contribution in [-0.4, -0.2) is 17.4 Å². The summed E-state index contributed by atoms with van der Waals surface area (Å²) in [5, 5.41) is 6.42. The van der Waals surface area contributed by atoms with Crippen LogP contribution in [0.15, 0.2) is 66.9 Å². The molecule has 0 bridgehead atoms. The van der Waals surface area contributed by atoms with Crippen LogP contribution in [-0.2, 0) is 6.42 Å². The van der Waals surface area contributed by atoms with Gasteiger partial charge in [0, 0.05) is 23.3 Å². The number of nitrogens with one attached hydrogen (secondary N) is 2. The van der Waals surface area contributed by atoms with Gasteiger partial charge in [-0.1, -0.05) is 35.9 Å². The Kier molecular flexibility index (Phi) is 5.81. The molecule has 1 amide bonds. The normalized spacial score (nSPS) is 10.4. The zero-order chi connectivity index (χ0) is 18.4. The van der Waals surface area contributed by atoms with E-state index in [9.17, 15) is 9.18 Å². The molecule has 4 nitrogen and oxygen atoms in total. The molecule has 0 aliphatic carbocycles. The smallest absolute Gasteiger partial charge is 0.251 e. The molecule has 1 aromatic heterocycles. The van der Waals surface area contributed by atoms with Gasteiger partial charge in [0.25, 0.3) is 5.91 Å². The fourth-order valence-electron chi connectivity index (χ4n) is 2.41. The lowest BCUT2D eigenvalue weighted by Gasteiger charge is -2.09. The van der Waals surface area contributed by atoms with Crippen molar-refractivity contribution in [3.05, 3.63) is 88.8 Å². The van der Waals surface area contributed by atoms with Crippen LogP contribution in [0.2, 0.25) is 5.02 Å². The molecule has 26 heavy (non-hydrogen) atoms. The van der Waals surface area contributed by atoms with Gasteiger partial charge in [0.15, 0.2) is 0 Å². The molecule has 0 aliphatic heterocycles. The van der Waals surface area contributed by atoms with Crippen molar-refractivity contribution in [1.29, 1.82) is 0 Å². The van der Waals surface area contributed by atoms with E-state index in [0.29, 0.717) is 35.1 Å². The predicted molar refractivity (Wildman–Crippen MR) is 101 cm³/mol. The monoisotopic (exact) mass is 369 g/mol. The third kappa shape index (κ3) is 4.80. The number of anilines is 2. The number of hydrogen-bond donors (Lipinski definition) is 2. The molecule has 1 heterocycles. The predicted octanol–water partition coefficient (Wildman–Crippen LogP) is 4.59. The Balaban J connectivity index is 1.59. The van der Waals surface area contributed by atoms with Crippen LogP contribution in [0.3, 0.4) is 0 Å². The summed E-state index contributed by atoms with van der Waals surface area (Å²) in [5.74, 6) is -0.189. The maximum Gasteiger partial charge on any atom is 0.251 e. The molecule has 0 unspecified atom stereocenters. The lowest BCUT2D eigenvalue weighted by molar-refractivity contribution is 0.0954. The van der Waals surface area contributed by atoms with Crippen molar-refractivity contribution < 1.29 is 9.18 Å². The van der Waals surface area contributed by atoms with E-state index in [1.54, 1.807) is 30.3 Å². The van der Waals surface area contributed by atoms with Crippen LogP contribution < -0.4 is 10.6 Å². The van der Waals surface area contributed by atoms with Crippen molar-refractivity contribution >= 4 is 29.0 Å². The highest BCUT2D eigenvalue weighted by molar-refractivity contribution is 6.30. The van der Waals surface area contributed by atoms with Gasteiger partial charge in [-0.3, -0.25) is 4.79 Å². The summed E-state index contributed by atoms with van der Waals surface area (Å²) in [6, 6.07) is 17.0. The molecular weight excluding hydrogens is 353 g/mol. The highest BCUT2D eigenvalue weighted by Crippen LogP contribution is 2.18. The van der Waals surface area contributed by atoms with Crippen molar-refractivity contribution in [2.45, 2.75) is 6.42 Å². The molecule has 3 aromatic rings. The van der Waals surface area contributed by atoms with Gasteiger partial charge in [0.1, 0.15) is 11.6 Å². The van der Waals surface area contributed by atoms with E-state index in [4.69, 9.17) is 11.6 Å². The van der Waals surface area contributed by atoms with Gasteiger partial charge in [-0.15, -0.1) is 0 Å². The van der Waals surface area contributed by atoms with E-state index < -0.39 is 0 Å². The molecule has 0 aliphatic rings. The minimum atomic E-state index is -0.382. The maximum absolute atomic E-state index is 13.7. The first-order valence-electron chi connectivity index (χ1n) is 8.12. The first-order valence-corrected chi connectivity index (χ1v) is 8.50. The van der Waals surface area contributed by atoms with Crippen LogP contribution in [0.25, 0.3) is 0 Å². The van der Waals surface area contributed by atoms with E-state index in [-0.39, 0.29) is 11.7 Å². The molecule has 0 radical (unpaired) electrons. The Hall–Kier alpha value is -2.92. The molecule has 6 heteroatoms. The Labute approximate surface area is 156 Å². The van der Waals surface area contributed by atoms with Crippen molar-refractivity contribution in [2.75, 3.05) is 11.9 Å². The maximum atomic E-state index is 13.7. The number of carbonyl (C=O) groups excluding carboxylic acids is 1. The lowest BCUT2D eigenvalue weighted by Crippen LogP contribution is -2.25. The second kappa shape index (κ2) is 8.45. The third-order valence-corrected chi connectivity index (χ3v) is 4.02. The molecule has 0 fully saturated rings. The third-order valence-electron chi connectivity index (χ3n) is 3.77. The van der Waals surface area contributed by atoms with Crippen LogP contribution in [0, 0.1) is 5.82 Å². The summed E-state index contributed by atoms with van der Waals surface area (Å²) >= 11 is 5.85. The average molecular weight is 370 g/mol. The second-order valence-electron chi connectivity index (χ2n) is 5.67. The number of halogens is 2. The number of para-hydroxylation sites is 1. The van der Waals surface area contributed by atoms with Crippen LogP contribution in [0.4, 0.5) is 15.9 Å². The quantitative estimate of drug-likeness (QED) is 0.668. The van der Waals surface area contributed by atoms with Gasteiger partial charge < -0.3 is 10.6 Å². The standard InChI is InChI=1S/C20H17ClFN3O/c21-16-7-5-14(6-8-16)9-11-24-20(26)15-10-12-23-19(13-15)25-18-4-2-1-3-17(18)22/h1-8,10,12-13H,9,11H2,(H,23,25)(H,24,26). The largest absolute Gasteiger partial charge is 0.352 e. The number of pyridine rings is 1. The number of hydrogen-bond acceptors (Lipinski definition) is 3. The Bertz CT molecular complexity index is 900. The lowest BCUT2D eigenvalue weighted by atomic mass is 10.1. The number of benzene rings is 2. The summed E-state index contributed by atoms with van der Waals surface area (Å²) in [6.45, 7) is 0.499. The Morgan fingerprint density at radius 2 is 1.85 bits per heavy atom. The highest BCUT2D eigenvalue weighted by atomic mass is 35.5. The molecule has 0 saturated heterocycles. The van der Waals surface area contributed by atoms with Gasteiger partial charge in [0.05, 0.1) is 5.69 Å². The summed E-state index contributed by atoms with van der Waals surface area (Å²) in [7, 11) is 0. The summed E-state index contributed by atoms with van der Waals surface area (Å²) in [4.78, 5) is 16.4. The van der Waals surface area contributed by atoms with Gasteiger partial charge in [-0.05, 0) is 48.4 Å². The van der Waals surface area contributed by atoms with Crippen molar-refractivity contribution in [1.82, 2.24) is 10.3 Å². The van der Waals surface area contributed by atoms with E-state index in [1.165, 1.54) is 12.3 Å². The van der Waals surface area contributed by atoms with Gasteiger partial charge >= 0.3 is 0 Å². The molecule has 2 N–H and O–H groups in total. The first kappa shape index (κ1) is 17.9. The van der Waals surface area contributed by atoms with E-state index in [1.807, 2.05) is 24.3 Å². The zero-order valence-corrected chi connectivity index (χ0v) is 14.6. The molecule has 132 valence electrons. The van der Waals surface area contributed by atoms with Crippen LogP contribution >= 0.6 is 11.6 Å². The van der Waals surface area contributed by atoms with Gasteiger partial charge in [-0.25, -0.2) is 9.37 Å². The van der Waals surface area contributed by atoms with Gasteiger partial charge in [0.2, 0.25) is 0 Å². The number of carbonyl (C=O) groups is 1. The topological polar surface area (TPSA) is 54.0 Å². The zero-order valence-electron chi connectivity index (χ0n) is 13.9. The fourth-order valence-corrected chi connectivity index (χ4v) is 2.54. The van der Waals surface area contributed by atoms with Crippen molar-refractivity contribution in [3.63, 3.8) is 0 Å². The fraction of sp³-hybridized carbons (Fsp3) is 0.100.